The van der Waals surface area contributed by atoms with Crippen LogP contribution in [0.2, 0.25) is 0 Å². The average Bonchev–Trinajstić information content (AvgIpc) is 2.62. The highest BCUT2D eigenvalue weighted by Gasteiger charge is 2.21. The third kappa shape index (κ3) is 5.48. The highest BCUT2D eigenvalue weighted by Crippen LogP contribution is 2.14. The molecular formula is C17H26N2O2. The van der Waals surface area contributed by atoms with E-state index in [1.165, 1.54) is 5.56 Å². The SMILES string of the molecule is CC1CN(Cc2ccccc2)CCCN1CCCC(=O)O. The minimum Gasteiger partial charge on any atom is -0.481 e. The first-order valence-electron chi connectivity index (χ1n) is 7.87. The van der Waals surface area contributed by atoms with Crippen LogP contribution in [-0.2, 0) is 11.3 Å². The van der Waals surface area contributed by atoms with E-state index >= 15 is 0 Å². The quantitative estimate of drug-likeness (QED) is 0.874. The second kappa shape index (κ2) is 8.15. The van der Waals surface area contributed by atoms with Crippen molar-refractivity contribution in [1.82, 2.24) is 9.80 Å². The minimum absolute atomic E-state index is 0.275. The van der Waals surface area contributed by atoms with Crippen molar-refractivity contribution < 1.29 is 9.90 Å². The summed E-state index contributed by atoms with van der Waals surface area (Å²) in [6, 6.07) is 11.1. The summed E-state index contributed by atoms with van der Waals surface area (Å²) in [6.45, 7) is 7.41. The van der Waals surface area contributed by atoms with Crippen LogP contribution in [0.5, 0.6) is 0 Å². The zero-order valence-corrected chi connectivity index (χ0v) is 12.9. The lowest BCUT2D eigenvalue weighted by molar-refractivity contribution is -0.137. The molecule has 1 fully saturated rings. The van der Waals surface area contributed by atoms with Gasteiger partial charge in [0.1, 0.15) is 0 Å². The summed E-state index contributed by atoms with van der Waals surface area (Å²) in [6.07, 6.45) is 2.18. The Morgan fingerprint density at radius 1 is 1.29 bits per heavy atom. The molecule has 0 bridgehead atoms. The predicted octanol–water partition coefficient (Wildman–Crippen LogP) is 2.45. The Morgan fingerprint density at radius 3 is 2.76 bits per heavy atom. The Labute approximate surface area is 127 Å². The molecule has 2 rings (SSSR count). The largest absolute Gasteiger partial charge is 0.481 e. The maximum atomic E-state index is 10.6. The first-order valence-corrected chi connectivity index (χ1v) is 7.87. The number of carboxylic acids is 1. The van der Waals surface area contributed by atoms with E-state index in [1.807, 2.05) is 0 Å². The molecule has 1 aromatic carbocycles. The van der Waals surface area contributed by atoms with Gasteiger partial charge in [0.15, 0.2) is 0 Å². The predicted molar refractivity (Wildman–Crippen MR) is 84.2 cm³/mol. The van der Waals surface area contributed by atoms with Crippen LogP contribution in [0.1, 0.15) is 31.7 Å². The van der Waals surface area contributed by atoms with E-state index in [2.05, 4.69) is 47.1 Å². The maximum Gasteiger partial charge on any atom is 0.303 e. The second-order valence-electron chi connectivity index (χ2n) is 5.96. The van der Waals surface area contributed by atoms with Crippen molar-refractivity contribution in [1.29, 1.82) is 0 Å². The molecule has 1 heterocycles. The van der Waals surface area contributed by atoms with Crippen LogP contribution < -0.4 is 0 Å². The highest BCUT2D eigenvalue weighted by atomic mass is 16.4. The molecule has 21 heavy (non-hydrogen) atoms. The topological polar surface area (TPSA) is 43.8 Å². The van der Waals surface area contributed by atoms with E-state index in [0.29, 0.717) is 6.04 Å². The van der Waals surface area contributed by atoms with Gasteiger partial charge in [0.2, 0.25) is 0 Å². The molecule has 1 aliphatic heterocycles. The van der Waals surface area contributed by atoms with Gasteiger partial charge in [-0.3, -0.25) is 14.6 Å². The number of hydrogen-bond donors (Lipinski definition) is 1. The van der Waals surface area contributed by atoms with Gasteiger partial charge < -0.3 is 5.11 Å². The molecule has 1 N–H and O–H groups in total. The van der Waals surface area contributed by atoms with Gasteiger partial charge in [-0.15, -0.1) is 0 Å². The van der Waals surface area contributed by atoms with Crippen molar-refractivity contribution in [2.75, 3.05) is 26.2 Å². The lowest BCUT2D eigenvalue weighted by Gasteiger charge is -2.28. The third-order valence-corrected chi connectivity index (χ3v) is 4.15. The van der Waals surface area contributed by atoms with Crippen molar-refractivity contribution in [3.8, 4) is 0 Å². The summed E-state index contributed by atoms with van der Waals surface area (Å²) in [5.74, 6) is -0.692. The molecule has 0 spiro atoms. The van der Waals surface area contributed by atoms with E-state index in [0.717, 1.165) is 45.6 Å². The van der Waals surface area contributed by atoms with Gasteiger partial charge in [-0.05, 0) is 45.0 Å². The second-order valence-corrected chi connectivity index (χ2v) is 5.96. The van der Waals surface area contributed by atoms with Gasteiger partial charge in [0, 0.05) is 25.6 Å². The number of aliphatic carboxylic acids is 1. The van der Waals surface area contributed by atoms with Crippen molar-refractivity contribution in [3.63, 3.8) is 0 Å². The van der Waals surface area contributed by atoms with Gasteiger partial charge >= 0.3 is 5.97 Å². The molecule has 0 aromatic heterocycles. The molecule has 4 heteroatoms. The number of carboxylic acid groups (broad SMARTS) is 1. The molecule has 1 atom stereocenters. The Bertz CT molecular complexity index is 436. The number of carbonyl (C=O) groups is 1. The average molecular weight is 290 g/mol. The fourth-order valence-electron chi connectivity index (χ4n) is 3.05. The summed E-state index contributed by atoms with van der Waals surface area (Å²) in [4.78, 5) is 15.6. The Hall–Kier alpha value is -1.39. The fraction of sp³-hybridized carbons (Fsp3) is 0.588. The van der Waals surface area contributed by atoms with Crippen molar-refractivity contribution >= 4 is 5.97 Å². The molecule has 1 aromatic rings. The Morgan fingerprint density at radius 2 is 2.05 bits per heavy atom. The number of benzene rings is 1. The van der Waals surface area contributed by atoms with Gasteiger partial charge in [0.25, 0.3) is 0 Å². The molecule has 1 unspecified atom stereocenters. The molecule has 1 saturated heterocycles. The molecule has 0 radical (unpaired) electrons. The van der Waals surface area contributed by atoms with Crippen LogP contribution >= 0.6 is 0 Å². The Balaban J connectivity index is 1.82. The normalized spacial score (nSPS) is 21.1. The zero-order chi connectivity index (χ0) is 15.1. The summed E-state index contributed by atoms with van der Waals surface area (Å²) >= 11 is 0. The van der Waals surface area contributed by atoms with Crippen molar-refractivity contribution in [2.45, 2.75) is 38.8 Å². The van der Waals surface area contributed by atoms with Gasteiger partial charge in [-0.2, -0.15) is 0 Å². The molecule has 0 amide bonds. The van der Waals surface area contributed by atoms with Gasteiger partial charge in [-0.25, -0.2) is 0 Å². The molecule has 0 saturated carbocycles. The van der Waals surface area contributed by atoms with Crippen LogP contribution in [-0.4, -0.2) is 53.1 Å². The van der Waals surface area contributed by atoms with E-state index in [4.69, 9.17) is 5.11 Å². The first kappa shape index (κ1) is 16.0. The van der Waals surface area contributed by atoms with E-state index in [1.54, 1.807) is 0 Å². The number of rotatable bonds is 6. The van der Waals surface area contributed by atoms with Crippen LogP contribution in [0.25, 0.3) is 0 Å². The number of nitrogens with zero attached hydrogens (tertiary/aromatic N) is 2. The van der Waals surface area contributed by atoms with Crippen LogP contribution in [0.4, 0.5) is 0 Å². The summed E-state index contributed by atoms with van der Waals surface area (Å²) in [5.41, 5.74) is 1.36. The maximum absolute atomic E-state index is 10.6. The summed E-state index contributed by atoms with van der Waals surface area (Å²) in [7, 11) is 0. The zero-order valence-electron chi connectivity index (χ0n) is 12.9. The van der Waals surface area contributed by atoms with Gasteiger partial charge in [-0.1, -0.05) is 30.3 Å². The molecule has 1 aliphatic rings. The van der Waals surface area contributed by atoms with Crippen LogP contribution in [0.15, 0.2) is 30.3 Å². The third-order valence-electron chi connectivity index (χ3n) is 4.15. The van der Waals surface area contributed by atoms with Crippen LogP contribution in [0.3, 0.4) is 0 Å². The summed E-state index contributed by atoms with van der Waals surface area (Å²) in [5, 5.41) is 8.74. The highest BCUT2D eigenvalue weighted by molar-refractivity contribution is 5.66. The van der Waals surface area contributed by atoms with E-state index in [9.17, 15) is 4.79 Å². The first-order chi connectivity index (χ1) is 10.1. The standard InChI is InChI=1S/C17H26N2O2/c1-15-13-18(14-16-7-3-2-4-8-16)10-6-12-19(15)11-5-9-17(20)21/h2-4,7-8,15H,5-6,9-14H2,1H3,(H,20,21). The summed E-state index contributed by atoms with van der Waals surface area (Å²) < 4.78 is 0. The van der Waals surface area contributed by atoms with E-state index in [-0.39, 0.29) is 6.42 Å². The smallest absolute Gasteiger partial charge is 0.303 e. The van der Waals surface area contributed by atoms with Crippen LogP contribution in [0, 0.1) is 0 Å². The van der Waals surface area contributed by atoms with Gasteiger partial charge in [0.05, 0.1) is 0 Å². The van der Waals surface area contributed by atoms with E-state index < -0.39 is 5.97 Å². The van der Waals surface area contributed by atoms with Crippen molar-refractivity contribution in [2.24, 2.45) is 0 Å². The Kier molecular flexibility index (Phi) is 6.21. The van der Waals surface area contributed by atoms with Crippen molar-refractivity contribution in [3.05, 3.63) is 35.9 Å². The lowest BCUT2D eigenvalue weighted by Crippen LogP contribution is -2.39. The fourth-order valence-corrected chi connectivity index (χ4v) is 3.05. The lowest BCUT2D eigenvalue weighted by atomic mass is 10.2. The molecule has 4 nitrogen and oxygen atoms in total. The monoisotopic (exact) mass is 290 g/mol. The molecular weight excluding hydrogens is 264 g/mol. The molecule has 116 valence electrons. The minimum atomic E-state index is -0.692. The molecule has 0 aliphatic carbocycles. The number of hydrogen-bond acceptors (Lipinski definition) is 3.